The summed E-state index contributed by atoms with van der Waals surface area (Å²) in [6, 6.07) is 10.0. The molecule has 0 aliphatic carbocycles. The third-order valence-corrected chi connectivity index (χ3v) is 5.64. The minimum Gasteiger partial charge on any atom is -0.481 e. The number of aliphatic carboxylic acids is 1. The molecule has 6 heteroatoms. The number of fused-ring (bicyclic) bond motifs is 1. The van der Waals surface area contributed by atoms with Gasteiger partial charge in [0.25, 0.3) is 0 Å². The number of carboxylic acid groups (broad SMARTS) is 1. The van der Waals surface area contributed by atoms with Gasteiger partial charge in [-0.1, -0.05) is 18.2 Å². The van der Waals surface area contributed by atoms with Crippen LogP contribution in [0.25, 0.3) is 11.0 Å². The number of halogens is 1. The van der Waals surface area contributed by atoms with Crippen LogP contribution in [0.4, 0.5) is 0 Å². The number of aryl methyl sites for hydroxylation is 3. The highest BCUT2D eigenvalue weighted by Gasteiger charge is 2.40. The molecular weight excluding hydrogens is 362 g/mol. The fourth-order valence-corrected chi connectivity index (χ4v) is 3.91. The maximum absolute atomic E-state index is 12.1. The van der Waals surface area contributed by atoms with Crippen LogP contribution in [0.3, 0.4) is 0 Å². The number of aromatic nitrogens is 3. The molecule has 0 saturated heterocycles. The Kier molecular flexibility index (Phi) is 5.00. The van der Waals surface area contributed by atoms with Gasteiger partial charge in [-0.15, -0.1) is 16.7 Å². The molecule has 1 atom stereocenters. The minimum absolute atomic E-state index is 0.364. The first-order valence-electron chi connectivity index (χ1n) is 8.85. The van der Waals surface area contributed by atoms with Crippen molar-refractivity contribution >= 4 is 28.6 Å². The van der Waals surface area contributed by atoms with E-state index < -0.39 is 11.4 Å². The molecule has 1 unspecified atom stereocenters. The van der Waals surface area contributed by atoms with Gasteiger partial charge in [0.2, 0.25) is 0 Å². The lowest BCUT2D eigenvalue weighted by molar-refractivity contribution is -0.147. The van der Waals surface area contributed by atoms with Crippen molar-refractivity contribution in [2.45, 2.75) is 39.5 Å². The lowest BCUT2D eigenvalue weighted by Crippen LogP contribution is -2.33. The maximum Gasteiger partial charge on any atom is 0.310 e. The summed E-state index contributed by atoms with van der Waals surface area (Å²) in [4.78, 5) is 12.1. The molecule has 3 aromatic rings. The Labute approximate surface area is 164 Å². The van der Waals surface area contributed by atoms with Crippen molar-refractivity contribution in [3.8, 4) is 0 Å². The Hall–Kier alpha value is -2.40. The number of carboxylic acids is 1. The fourth-order valence-electron chi connectivity index (χ4n) is 3.62. The smallest absolute Gasteiger partial charge is 0.310 e. The van der Waals surface area contributed by atoms with E-state index in [9.17, 15) is 9.90 Å². The fraction of sp³-hybridized carbons (Fsp3) is 0.381. The highest BCUT2D eigenvalue weighted by atomic mass is 35.5. The zero-order chi connectivity index (χ0) is 19.9. The van der Waals surface area contributed by atoms with E-state index >= 15 is 0 Å². The van der Waals surface area contributed by atoms with Gasteiger partial charge in [0.15, 0.2) is 5.65 Å². The highest BCUT2D eigenvalue weighted by molar-refractivity contribution is 6.17. The number of hydrogen-bond donors (Lipinski definition) is 1. The van der Waals surface area contributed by atoms with Crippen LogP contribution in [-0.2, 0) is 17.7 Å². The summed E-state index contributed by atoms with van der Waals surface area (Å²) in [6.07, 6.45) is 0. The van der Waals surface area contributed by atoms with Gasteiger partial charge >= 0.3 is 5.97 Å². The van der Waals surface area contributed by atoms with Crippen LogP contribution >= 0.6 is 11.6 Å². The van der Waals surface area contributed by atoms with Crippen molar-refractivity contribution in [2.75, 3.05) is 0 Å². The third-order valence-electron chi connectivity index (χ3n) is 5.35. The predicted octanol–water partition coefficient (Wildman–Crippen LogP) is 4.57. The summed E-state index contributed by atoms with van der Waals surface area (Å²) in [6.45, 7) is 7.42. The summed E-state index contributed by atoms with van der Waals surface area (Å²) < 4.78 is 1.94. The van der Waals surface area contributed by atoms with Gasteiger partial charge in [0.05, 0.1) is 11.1 Å². The van der Waals surface area contributed by atoms with Gasteiger partial charge in [-0.2, -0.15) is 5.10 Å². The molecule has 0 amide bonds. The van der Waals surface area contributed by atoms with Crippen molar-refractivity contribution < 1.29 is 9.90 Å². The third kappa shape index (κ3) is 3.32. The molecule has 3 rings (SSSR count). The maximum atomic E-state index is 12.1. The van der Waals surface area contributed by atoms with E-state index in [1.165, 1.54) is 0 Å². The first-order chi connectivity index (χ1) is 12.7. The molecule has 0 bridgehead atoms. The molecule has 0 fully saturated rings. The van der Waals surface area contributed by atoms with Crippen LogP contribution in [0, 0.1) is 19.3 Å². The Balaban J connectivity index is 2.29. The molecule has 27 heavy (non-hydrogen) atoms. The molecule has 0 radical (unpaired) electrons. The summed E-state index contributed by atoms with van der Waals surface area (Å²) in [5.41, 5.74) is 4.47. The molecule has 142 valence electrons. The Bertz CT molecular complexity index is 1020. The second-order valence-electron chi connectivity index (χ2n) is 7.67. The molecule has 1 aromatic carbocycles. The second-order valence-corrected chi connectivity index (χ2v) is 7.94. The van der Waals surface area contributed by atoms with Crippen LogP contribution in [0.2, 0.25) is 0 Å². The molecule has 2 heterocycles. The second kappa shape index (κ2) is 6.97. The molecule has 5 nitrogen and oxygen atoms in total. The Morgan fingerprint density at radius 1 is 1.22 bits per heavy atom. The van der Waals surface area contributed by atoms with Crippen LogP contribution in [0.15, 0.2) is 30.3 Å². The van der Waals surface area contributed by atoms with E-state index in [2.05, 4.69) is 10.2 Å². The lowest BCUT2D eigenvalue weighted by atomic mass is 9.72. The lowest BCUT2D eigenvalue weighted by Gasteiger charge is -2.32. The monoisotopic (exact) mass is 385 g/mol. The molecule has 0 spiro atoms. The summed E-state index contributed by atoms with van der Waals surface area (Å²) >= 11 is 6.10. The largest absolute Gasteiger partial charge is 0.481 e. The van der Waals surface area contributed by atoms with Crippen LogP contribution in [0.5, 0.6) is 0 Å². The van der Waals surface area contributed by atoms with Crippen LogP contribution in [0.1, 0.15) is 47.8 Å². The Morgan fingerprint density at radius 3 is 2.56 bits per heavy atom. The van der Waals surface area contributed by atoms with Crippen molar-refractivity contribution in [1.82, 2.24) is 14.8 Å². The van der Waals surface area contributed by atoms with E-state index in [4.69, 9.17) is 11.6 Å². The number of rotatable bonds is 5. The number of alkyl halides is 1. The molecule has 0 saturated carbocycles. The number of benzene rings is 1. The summed E-state index contributed by atoms with van der Waals surface area (Å²) in [5, 5.41) is 19.4. The van der Waals surface area contributed by atoms with E-state index in [1.807, 2.05) is 55.8 Å². The molecule has 2 aromatic heterocycles. The van der Waals surface area contributed by atoms with E-state index in [1.54, 1.807) is 13.8 Å². The highest BCUT2D eigenvalue weighted by Crippen LogP contribution is 2.43. The standard InChI is InChI=1S/C21H24ClN3O2/c1-12-6-7-14(9-16(12)11-22)18(21(3,4)20(26)27)17-10-15-8-13(2)23-24-19(15)25(17)5/h6-10,18H,11H2,1-5H3,(H,26,27). The van der Waals surface area contributed by atoms with Crippen molar-refractivity contribution in [3.05, 3.63) is 58.4 Å². The molecule has 0 aliphatic heterocycles. The SMILES string of the molecule is Cc1cc2cc(C(c3ccc(C)c(CCl)c3)C(C)(C)C(=O)O)n(C)c2nn1. The number of carbonyl (C=O) groups is 1. The normalized spacial score (nSPS) is 13.1. The van der Waals surface area contributed by atoms with Gasteiger partial charge in [-0.25, -0.2) is 0 Å². The predicted molar refractivity (Wildman–Crippen MR) is 107 cm³/mol. The molecule has 0 aliphatic rings. The van der Waals surface area contributed by atoms with Gasteiger partial charge in [-0.05, 0) is 56.5 Å². The zero-order valence-electron chi connectivity index (χ0n) is 16.2. The van der Waals surface area contributed by atoms with E-state index in [0.29, 0.717) is 5.88 Å². The minimum atomic E-state index is -1.02. The average molecular weight is 386 g/mol. The van der Waals surface area contributed by atoms with Gasteiger partial charge in [0.1, 0.15) is 0 Å². The summed E-state index contributed by atoms with van der Waals surface area (Å²) in [5.74, 6) is -0.829. The van der Waals surface area contributed by atoms with Crippen LogP contribution < -0.4 is 0 Å². The van der Waals surface area contributed by atoms with Crippen molar-refractivity contribution in [3.63, 3.8) is 0 Å². The number of hydrogen-bond acceptors (Lipinski definition) is 3. The van der Waals surface area contributed by atoms with Gasteiger partial charge in [-0.3, -0.25) is 4.79 Å². The van der Waals surface area contributed by atoms with Crippen LogP contribution in [-0.4, -0.2) is 25.8 Å². The molecule has 1 N–H and O–H groups in total. The quantitative estimate of drug-likeness (QED) is 0.653. The number of nitrogens with zero attached hydrogens (tertiary/aromatic N) is 3. The Morgan fingerprint density at radius 2 is 1.93 bits per heavy atom. The van der Waals surface area contributed by atoms with E-state index in [-0.39, 0.29) is 5.92 Å². The first-order valence-corrected chi connectivity index (χ1v) is 9.38. The van der Waals surface area contributed by atoms with Gasteiger partial charge < -0.3 is 9.67 Å². The zero-order valence-corrected chi connectivity index (χ0v) is 17.0. The van der Waals surface area contributed by atoms with Crippen molar-refractivity contribution in [2.24, 2.45) is 12.5 Å². The topological polar surface area (TPSA) is 68.0 Å². The molecular formula is C21H24ClN3O2. The van der Waals surface area contributed by atoms with Crippen molar-refractivity contribution in [1.29, 1.82) is 0 Å². The average Bonchev–Trinajstić information content (AvgIpc) is 2.91. The van der Waals surface area contributed by atoms with E-state index in [0.717, 1.165) is 39.1 Å². The van der Waals surface area contributed by atoms with Gasteiger partial charge in [0, 0.05) is 29.9 Å². The summed E-state index contributed by atoms with van der Waals surface area (Å²) in [7, 11) is 1.91. The first kappa shape index (κ1) is 19.4.